The van der Waals surface area contributed by atoms with Crippen molar-refractivity contribution in [2.75, 3.05) is 0 Å². The van der Waals surface area contributed by atoms with Crippen molar-refractivity contribution in [3.8, 4) is 0 Å². The van der Waals surface area contributed by atoms with Crippen LogP contribution in [0.4, 0.5) is 0 Å². The third-order valence-corrected chi connectivity index (χ3v) is 1.86. The van der Waals surface area contributed by atoms with E-state index in [-0.39, 0.29) is 5.60 Å². The van der Waals surface area contributed by atoms with Crippen molar-refractivity contribution in [3.63, 3.8) is 0 Å². The van der Waals surface area contributed by atoms with Crippen molar-refractivity contribution < 1.29 is 4.84 Å². The number of nitrogens with two attached hydrogens (primary N) is 1. The van der Waals surface area contributed by atoms with Crippen LogP contribution in [-0.4, -0.2) is 5.60 Å². The SMILES string of the molecule is C[C@H]1C[C@@]1(C)ON. The maximum atomic E-state index is 4.96. The highest BCUT2D eigenvalue weighted by atomic mass is 16.6. The summed E-state index contributed by atoms with van der Waals surface area (Å²) in [5.41, 5.74) is 0.0278. The lowest BCUT2D eigenvalue weighted by molar-refractivity contribution is 0.0355. The molecular formula is C5H11NO. The Balaban J connectivity index is 2.36. The molecule has 0 radical (unpaired) electrons. The molecule has 0 unspecified atom stereocenters. The molecule has 0 aromatic heterocycles. The van der Waals surface area contributed by atoms with E-state index in [2.05, 4.69) is 11.8 Å². The summed E-state index contributed by atoms with van der Waals surface area (Å²) < 4.78 is 0. The standard InChI is InChI=1S/C5H11NO/c1-4-3-5(4,2)7-6/h4H,3,6H2,1-2H3/t4-,5+/m0/s1. The minimum absolute atomic E-state index is 0.0278. The minimum Gasteiger partial charge on any atom is -0.298 e. The molecule has 1 fully saturated rings. The maximum absolute atomic E-state index is 4.96. The molecule has 0 amide bonds. The fourth-order valence-corrected chi connectivity index (χ4v) is 0.713. The van der Waals surface area contributed by atoms with E-state index in [4.69, 9.17) is 5.90 Å². The first kappa shape index (κ1) is 5.06. The van der Waals surface area contributed by atoms with Gasteiger partial charge < -0.3 is 0 Å². The molecule has 1 aliphatic rings. The fraction of sp³-hybridized carbons (Fsp3) is 1.00. The van der Waals surface area contributed by atoms with Crippen molar-refractivity contribution in [1.29, 1.82) is 0 Å². The Hall–Kier alpha value is -0.0800. The van der Waals surface area contributed by atoms with Crippen LogP contribution in [0.15, 0.2) is 0 Å². The van der Waals surface area contributed by atoms with Gasteiger partial charge in [0.15, 0.2) is 0 Å². The van der Waals surface area contributed by atoms with Crippen LogP contribution >= 0.6 is 0 Å². The molecule has 0 bridgehead atoms. The van der Waals surface area contributed by atoms with Crippen LogP contribution < -0.4 is 5.90 Å². The summed E-state index contributed by atoms with van der Waals surface area (Å²) in [5, 5.41) is 0. The van der Waals surface area contributed by atoms with Crippen molar-refractivity contribution >= 4 is 0 Å². The first-order valence-corrected chi connectivity index (χ1v) is 2.57. The van der Waals surface area contributed by atoms with E-state index < -0.39 is 0 Å². The molecule has 0 saturated heterocycles. The van der Waals surface area contributed by atoms with Gasteiger partial charge in [0.05, 0.1) is 5.60 Å². The predicted molar refractivity (Wildman–Crippen MR) is 27.5 cm³/mol. The Kier molecular flexibility index (Phi) is 0.869. The Morgan fingerprint density at radius 3 is 2.29 bits per heavy atom. The van der Waals surface area contributed by atoms with Crippen molar-refractivity contribution in [1.82, 2.24) is 0 Å². The summed E-state index contributed by atoms with van der Waals surface area (Å²) in [6, 6.07) is 0. The lowest BCUT2D eigenvalue weighted by Crippen LogP contribution is -2.15. The van der Waals surface area contributed by atoms with Crippen LogP contribution in [0.25, 0.3) is 0 Å². The van der Waals surface area contributed by atoms with Crippen LogP contribution in [0.1, 0.15) is 20.3 Å². The molecular weight excluding hydrogens is 90.1 g/mol. The smallest absolute Gasteiger partial charge is 0.0895 e. The van der Waals surface area contributed by atoms with Gasteiger partial charge in [-0.1, -0.05) is 6.92 Å². The van der Waals surface area contributed by atoms with Gasteiger partial charge in [0.25, 0.3) is 0 Å². The highest BCUT2D eigenvalue weighted by molar-refractivity contribution is 4.97. The minimum atomic E-state index is 0.0278. The molecule has 1 rings (SSSR count). The van der Waals surface area contributed by atoms with Crippen LogP contribution in [-0.2, 0) is 4.84 Å². The molecule has 2 atom stereocenters. The molecule has 0 heterocycles. The van der Waals surface area contributed by atoms with E-state index in [0.717, 1.165) is 6.42 Å². The first-order chi connectivity index (χ1) is 3.19. The second kappa shape index (κ2) is 1.20. The molecule has 0 aromatic rings. The molecule has 7 heavy (non-hydrogen) atoms. The lowest BCUT2D eigenvalue weighted by Gasteiger charge is -2.02. The van der Waals surface area contributed by atoms with E-state index in [1.54, 1.807) is 0 Å². The molecule has 42 valence electrons. The zero-order valence-electron chi connectivity index (χ0n) is 4.77. The highest BCUT2D eigenvalue weighted by Crippen LogP contribution is 2.44. The first-order valence-electron chi connectivity index (χ1n) is 2.57. The summed E-state index contributed by atoms with van der Waals surface area (Å²) in [7, 11) is 0. The molecule has 0 aliphatic heterocycles. The average Bonchev–Trinajstić information content (AvgIpc) is 2.18. The third-order valence-electron chi connectivity index (χ3n) is 1.86. The Labute approximate surface area is 43.6 Å². The van der Waals surface area contributed by atoms with Gasteiger partial charge in [0.1, 0.15) is 0 Å². The second-order valence-corrected chi connectivity index (χ2v) is 2.54. The molecule has 2 N–H and O–H groups in total. The van der Waals surface area contributed by atoms with E-state index in [9.17, 15) is 0 Å². The van der Waals surface area contributed by atoms with Gasteiger partial charge >= 0.3 is 0 Å². The Morgan fingerprint density at radius 2 is 2.29 bits per heavy atom. The van der Waals surface area contributed by atoms with Crippen LogP contribution in [0.5, 0.6) is 0 Å². The molecule has 0 spiro atoms. The molecule has 1 saturated carbocycles. The molecule has 2 nitrogen and oxygen atoms in total. The maximum Gasteiger partial charge on any atom is 0.0895 e. The Morgan fingerprint density at radius 1 is 1.86 bits per heavy atom. The number of hydrogen-bond donors (Lipinski definition) is 1. The zero-order valence-corrected chi connectivity index (χ0v) is 4.77. The monoisotopic (exact) mass is 101 g/mol. The number of rotatable bonds is 1. The number of hydrogen-bond acceptors (Lipinski definition) is 2. The van der Waals surface area contributed by atoms with Gasteiger partial charge in [-0.25, -0.2) is 5.90 Å². The summed E-state index contributed by atoms with van der Waals surface area (Å²) in [6.07, 6.45) is 1.11. The van der Waals surface area contributed by atoms with Crippen LogP contribution in [0.3, 0.4) is 0 Å². The van der Waals surface area contributed by atoms with E-state index >= 15 is 0 Å². The van der Waals surface area contributed by atoms with Crippen molar-refractivity contribution in [3.05, 3.63) is 0 Å². The van der Waals surface area contributed by atoms with Crippen LogP contribution in [0.2, 0.25) is 0 Å². The quantitative estimate of drug-likeness (QED) is 0.493. The van der Waals surface area contributed by atoms with Gasteiger partial charge in [-0.3, -0.25) is 4.84 Å². The molecule has 1 aliphatic carbocycles. The fourth-order valence-electron chi connectivity index (χ4n) is 0.713. The highest BCUT2D eigenvalue weighted by Gasteiger charge is 2.47. The van der Waals surface area contributed by atoms with Crippen molar-refractivity contribution in [2.45, 2.75) is 25.9 Å². The third kappa shape index (κ3) is 0.640. The Bertz CT molecular complexity index is 80.1. The normalized spacial score (nSPS) is 49.3. The summed E-state index contributed by atoms with van der Waals surface area (Å²) in [5.74, 6) is 5.62. The van der Waals surface area contributed by atoms with E-state index in [1.165, 1.54) is 0 Å². The van der Waals surface area contributed by atoms with Gasteiger partial charge in [-0.2, -0.15) is 0 Å². The van der Waals surface area contributed by atoms with Gasteiger partial charge in [0.2, 0.25) is 0 Å². The second-order valence-electron chi connectivity index (χ2n) is 2.54. The average molecular weight is 101 g/mol. The summed E-state index contributed by atoms with van der Waals surface area (Å²) in [4.78, 5) is 4.66. The zero-order chi connectivity index (χ0) is 5.49. The topological polar surface area (TPSA) is 35.2 Å². The van der Waals surface area contributed by atoms with E-state index in [0.29, 0.717) is 5.92 Å². The predicted octanol–water partition coefficient (Wildman–Crippen LogP) is 0.675. The largest absolute Gasteiger partial charge is 0.298 e. The van der Waals surface area contributed by atoms with Crippen molar-refractivity contribution in [2.24, 2.45) is 11.8 Å². The lowest BCUT2D eigenvalue weighted by atomic mass is 10.3. The van der Waals surface area contributed by atoms with Gasteiger partial charge in [-0.05, 0) is 19.3 Å². The summed E-state index contributed by atoms with van der Waals surface area (Å²) in [6.45, 7) is 4.16. The van der Waals surface area contributed by atoms with Gasteiger partial charge in [0, 0.05) is 0 Å². The summed E-state index contributed by atoms with van der Waals surface area (Å²) >= 11 is 0. The van der Waals surface area contributed by atoms with E-state index in [1.807, 2.05) is 6.92 Å². The van der Waals surface area contributed by atoms with Crippen LogP contribution in [0, 0.1) is 5.92 Å². The molecule has 0 aromatic carbocycles. The van der Waals surface area contributed by atoms with Gasteiger partial charge in [-0.15, -0.1) is 0 Å². The molecule has 2 heteroatoms.